The molecule has 0 N–H and O–H groups in total. The van der Waals surface area contributed by atoms with Crippen LogP contribution in [-0.4, -0.2) is 87.6 Å². The smallest absolute Gasteiger partial charge is 0.306 e. The maximum Gasteiger partial charge on any atom is 0.306 e. The van der Waals surface area contributed by atoms with Crippen LogP contribution in [0.1, 0.15) is 80.3 Å². The van der Waals surface area contributed by atoms with Crippen molar-refractivity contribution in [3.63, 3.8) is 0 Å². The van der Waals surface area contributed by atoms with Gasteiger partial charge in [0.15, 0.2) is 0 Å². The van der Waals surface area contributed by atoms with Gasteiger partial charge in [-0.15, -0.1) is 0 Å². The van der Waals surface area contributed by atoms with E-state index in [4.69, 9.17) is 9.47 Å². The fraction of sp³-hybridized carbons (Fsp3) is 0.250. The molecule has 74 heavy (non-hydrogen) atoms. The number of benzene rings is 6. The van der Waals surface area contributed by atoms with Gasteiger partial charge in [-0.2, -0.15) is 8.61 Å². The second-order valence-electron chi connectivity index (χ2n) is 18.3. The van der Waals surface area contributed by atoms with Gasteiger partial charge in [0.25, 0.3) is 11.4 Å². The van der Waals surface area contributed by atoms with E-state index in [1.165, 1.54) is 47.1 Å². The fourth-order valence-corrected chi connectivity index (χ4v) is 12.0. The number of ether oxygens (including phenoxy) is 2. The number of methoxy groups -OCH3 is 2. The van der Waals surface area contributed by atoms with Gasteiger partial charge in [0.1, 0.15) is 0 Å². The molecular weight excluding hydrogens is 985 g/mol. The summed E-state index contributed by atoms with van der Waals surface area (Å²) in [5.41, 5.74) is 9.21. The monoisotopic (exact) mass is 1040 g/mol. The fourth-order valence-electron chi connectivity index (χ4n) is 9.08. The molecule has 8 rings (SSSR count). The molecule has 6 aromatic rings. The van der Waals surface area contributed by atoms with Gasteiger partial charge < -0.3 is 9.47 Å². The van der Waals surface area contributed by atoms with Gasteiger partial charge in [-0.25, -0.2) is 16.8 Å². The molecular formula is C56H56N4O12S2. The van der Waals surface area contributed by atoms with Gasteiger partial charge in [0, 0.05) is 62.3 Å². The number of esters is 2. The molecule has 0 spiro atoms. The van der Waals surface area contributed by atoms with Crippen LogP contribution in [0.3, 0.4) is 0 Å². The first-order valence-corrected chi connectivity index (χ1v) is 26.4. The van der Waals surface area contributed by atoms with E-state index < -0.39 is 53.7 Å². The second kappa shape index (κ2) is 23.1. The van der Waals surface area contributed by atoms with Gasteiger partial charge in [-0.1, -0.05) is 83.9 Å². The Morgan fingerprint density at radius 2 is 0.905 bits per heavy atom. The summed E-state index contributed by atoms with van der Waals surface area (Å²) in [5.74, 6) is -2.35. The van der Waals surface area contributed by atoms with Gasteiger partial charge in [0.05, 0.1) is 46.7 Å². The molecule has 0 bridgehead atoms. The van der Waals surface area contributed by atoms with E-state index in [-0.39, 0.29) is 60.2 Å². The van der Waals surface area contributed by atoms with Crippen molar-refractivity contribution in [3.8, 4) is 0 Å². The lowest BCUT2D eigenvalue weighted by atomic mass is 9.88. The molecule has 0 saturated heterocycles. The Morgan fingerprint density at radius 1 is 0.554 bits per heavy atom. The van der Waals surface area contributed by atoms with E-state index >= 15 is 0 Å². The highest BCUT2D eigenvalue weighted by molar-refractivity contribution is 7.89. The first kappa shape index (κ1) is 54.1. The Morgan fingerprint density at radius 3 is 1.23 bits per heavy atom. The number of fused-ring (bicyclic) bond motifs is 2. The summed E-state index contributed by atoms with van der Waals surface area (Å²) in [6.45, 7) is 7.67. The number of nitrogens with zero attached hydrogens (tertiary/aromatic N) is 4. The minimum absolute atomic E-state index is 0.0347. The molecule has 2 aliphatic heterocycles. The minimum Gasteiger partial charge on any atom is -0.469 e. The summed E-state index contributed by atoms with van der Waals surface area (Å²) in [6.07, 6.45) is 3.58. The topological polar surface area (TPSA) is 214 Å². The predicted molar refractivity (Wildman–Crippen MR) is 283 cm³/mol. The lowest BCUT2D eigenvalue weighted by Gasteiger charge is -2.24. The minimum atomic E-state index is -3.95. The third kappa shape index (κ3) is 12.4. The zero-order valence-corrected chi connectivity index (χ0v) is 43.4. The van der Waals surface area contributed by atoms with Crippen molar-refractivity contribution in [1.82, 2.24) is 8.61 Å². The molecule has 0 unspecified atom stereocenters. The van der Waals surface area contributed by atoms with Crippen molar-refractivity contribution in [3.05, 3.63) is 209 Å². The lowest BCUT2D eigenvalue weighted by Crippen LogP contribution is -2.35. The lowest BCUT2D eigenvalue weighted by molar-refractivity contribution is -0.385. The molecule has 384 valence electrons. The van der Waals surface area contributed by atoms with Crippen LogP contribution in [-0.2, 0) is 39.1 Å². The van der Waals surface area contributed by atoms with Gasteiger partial charge in [-0.3, -0.25) is 29.8 Å². The molecule has 2 aliphatic rings. The van der Waals surface area contributed by atoms with Crippen molar-refractivity contribution in [2.24, 2.45) is 0 Å². The van der Waals surface area contributed by atoms with Crippen LogP contribution in [0.5, 0.6) is 0 Å². The third-order valence-electron chi connectivity index (χ3n) is 13.2. The van der Waals surface area contributed by atoms with E-state index in [0.717, 1.165) is 33.4 Å². The Labute approximate surface area is 431 Å². The number of sulfonamides is 2. The molecule has 6 aromatic carbocycles. The Kier molecular flexibility index (Phi) is 16.9. The van der Waals surface area contributed by atoms with Crippen molar-refractivity contribution in [2.75, 3.05) is 40.4 Å². The highest BCUT2D eigenvalue weighted by atomic mass is 32.2. The number of carbonyl (C=O) groups excluding carboxylic acids is 2. The SMILES string of the molecule is COC(=O)C[C@@H]1CN(S(=O)(=O)c2ccc(C)cc2)C/C(=C\c2ccccc2C)c2ccc([N+](=O)[O-])cc21.COC(=O)C[C@@H]1CN(S(=O)(=O)c2ccc(C)cc2)C/C(=C\c2ccccc2C)c2ccc([N+](=O)[O-])cc21. The Bertz CT molecular complexity index is 3180. The summed E-state index contributed by atoms with van der Waals surface area (Å²) in [4.78, 5) is 47.2. The first-order valence-electron chi connectivity index (χ1n) is 23.6. The Hall–Kier alpha value is -7.64. The Balaban J connectivity index is 0.000000216. The van der Waals surface area contributed by atoms with E-state index in [0.29, 0.717) is 33.4 Å². The van der Waals surface area contributed by atoms with Crippen LogP contribution in [0.25, 0.3) is 23.3 Å². The molecule has 18 heteroatoms. The summed E-state index contributed by atoms with van der Waals surface area (Å²) < 4.78 is 67.7. The standard InChI is InChI=1S/2C28H28N2O6S/c2*1-19-8-11-25(12-9-19)37(34,35)29-17-22(14-21-7-5-4-6-20(21)2)26-13-10-24(30(32)33)16-27(26)23(18-29)15-28(31)36-3/h2*4-14,16,23H,15,17-18H2,1-3H3/b2*22-14+/t2*23-/m11/s1. The molecule has 16 nitrogen and oxygen atoms in total. The normalized spacial score (nSPS) is 17.2. The van der Waals surface area contributed by atoms with Crippen molar-refractivity contribution in [1.29, 1.82) is 0 Å². The molecule has 0 saturated carbocycles. The van der Waals surface area contributed by atoms with E-state index in [1.807, 2.05) is 88.4 Å². The number of non-ortho nitro benzene ring substituents is 2. The quantitative estimate of drug-likeness (QED) is 0.0636. The number of aryl methyl sites for hydroxylation is 4. The maximum atomic E-state index is 13.8. The van der Waals surface area contributed by atoms with Crippen molar-refractivity contribution >= 4 is 66.7 Å². The van der Waals surface area contributed by atoms with Gasteiger partial charge in [-0.05, 0) is 132 Å². The van der Waals surface area contributed by atoms with Crippen LogP contribution in [0.2, 0.25) is 0 Å². The largest absolute Gasteiger partial charge is 0.469 e. The number of rotatable bonds is 12. The average Bonchev–Trinajstić information content (AvgIpc) is 3.63. The summed E-state index contributed by atoms with van der Waals surface area (Å²) in [7, 11) is -5.38. The highest BCUT2D eigenvalue weighted by Gasteiger charge is 2.37. The van der Waals surface area contributed by atoms with Crippen molar-refractivity contribution in [2.45, 2.75) is 62.2 Å². The number of nitro groups is 2. The van der Waals surface area contributed by atoms with Crippen LogP contribution in [0.4, 0.5) is 11.4 Å². The summed E-state index contributed by atoms with van der Waals surface area (Å²) in [5, 5.41) is 23.2. The third-order valence-corrected chi connectivity index (χ3v) is 16.9. The van der Waals surface area contributed by atoms with Gasteiger partial charge in [0.2, 0.25) is 20.0 Å². The molecule has 2 heterocycles. The van der Waals surface area contributed by atoms with Gasteiger partial charge >= 0.3 is 11.9 Å². The molecule has 0 fully saturated rings. The number of hydrogen-bond donors (Lipinski definition) is 0. The number of nitro benzene ring substituents is 2. The van der Waals surface area contributed by atoms with E-state index in [1.54, 1.807) is 60.7 Å². The molecule has 2 atom stereocenters. The zero-order chi connectivity index (χ0) is 53.5. The zero-order valence-electron chi connectivity index (χ0n) is 41.8. The van der Waals surface area contributed by atoms with Crippen LogP contribution in [0.15, 0.2) is 143 Å². The van der Waals surface area contributed by atoms with Crippen LogP contribution >= 0.6 is 0 Å². The summed E-state index contributed by atoms with van der Waals surface area (Å²) in [6, 6.07) is 37.6. The van der Waals surface area contributed by atoms with E-state index in [2.05, 4.69) is 0 Å². The van der Waals surface area contributed by atoms with Crippen molar-refractivity contribution < 1.29 is 45.7 Å². The highest BCUT2D eigenvalue weighted by Crippen LogP contribution is 2.41. The molecule has 0 aromatic heterocycles. The van der Waals surface area contributed by atoms with Crippen LogP contribution < -0.4 is 0 Å². The molecule has 0 amide bonds. The molecule has 0 radical (unpaired) electrons. The number of hydrogen-bond acceptors (Lipinski definition) is 12. The predicted octanol–water partition coefficient (Wildman–Crippen LogP) is 10.2. The van der Waals surface area contributed by atoms with Crippen LogP contribution in [0, 0.1) is 47.9 Å². The average molecular weight is 1040 g/mol. The maximum absolute atomic E-state index is 13.8. The first-order chi connectivity index (χ1) is 35.2. The number of carbonyl (C=O) groups is 2. The summed E-state index contributed by atoms with van der Waals surface area (Å²) >= 11 is 0. The second-order valence-corrected chi connectivity index (χ2v) is 22.2. The molecule has 0 aliphatic carbocycles. The van der Waals surface area contributed by atoms with E-state index in [9.17, 15) is 46.7 Å².